The van der Waals surface area contributed by atoms with E-state index in [1.54, 1.807) is 18.2 Å². The molecule has 1 aromatic rings. The van der Waals surface area contributed by atoms with Gasteiger partial charge in [-0.2, -0.15) is 0 Å². The summed E-state index contributed by atoms with van der Waals surface area (Å²) >= 11 is 3.31. The third kappa shape index (κ3) is 3.55. The molecule has 0 aromatic heterocycles. The number of nitrogens with one attached hydrogen (secondary N) is 1. The maximum atomic E-state index is 12.1. The molecule has 0 aliphatic carbocycles. The fourth-order valence-corrected chi connectivity index (χ4v) is 2.06. The Hall–Kier alpha value is -1.47. The maximum Gasteiger partial charge on any atom is 0.265 e. The standard InChI is InChI=1S/C13H12BrF2NO3/c14-9-1-2-11-7(4-9)3-8(6-20-11)13(19)17-5-10(18)12(15)16/h1-4,10,12,18H,5-6H2,(H,17,19). The molecule has 0 saturated heterocycles. The molecule has 0 bridgehead atoms. The van der Waals surface area contributed by atoms with Crippen molar-refractivity contribution in [2.24, 2.45) is 0 Å². The zero-order valence-electron chi connectivity index (χ0n) is 10.3. The predicted molar refractivity (Wildman–Crippen MR) is 72.6 cm³/mol. The number of hydrogen-bond acceptors (Lipinski definition) is 3. The molecular weight excluding hydrogens is 336 g/mol. The van der Waals surface area contributed by atoms with Gasteiger partial charge in [0.25, 0.3) is 12.3 Å². The number of aliphatic hydroxyl groups is 1. The summed E-state index contributed by atoms with van der Waals surface area (Å²) in [5.41, 5.74) is 1.04. The number of benzene rings is 1. The summed E-state index contributed by atoms with van der Waals surface area (Å²) in [5, 5.41) is 11.2. The number of aliphatic hydroxyl groups excluding tert-OH is 1. The van der Waals surface area contributed by atoms with Gasteiger partial charge in [0.15, 0.2) is 0 Å². The number of ether oxygens (including phenoxy) is 1. The predicted octanol–water partition coefficient (Wildman–Crippen LogP) is 1.97. The number of amides is 1. The van der Waals surface area contributed by atoms with Crippen LogP contribution in [0.4, 0.5) is 8.78 Å². The van der Waals surface area contributed by atoms with Crippen molar-refractivity contribution < 1.29 is 23.4 Å². The minimum atomic E-state index is -2.89. The van der Waals surface area contributed by atoms with Gasteiger partial charge in [-0.05, 0) is 24.3 Å². The second-order valence-corrected chi connectivity index (χ2v) is 5.17. The molecular formula is C13H12BrF2NO3. The first-order chi connectivity index (χ1) is 9.47. The molecule has 1 aliphatic rings. The zero-order valence-corrected chi connectivity index (χ0v) is 11.9. The lowest BCUT2D eigenvalue weighted by Crippen LogP contribution is -2.37. The molecule has 1 amide bonds. The Balaban J connectivity index is 2.05. The first kappa shape index (κ1) is 14.9. The van der Waals surface area contributed by atoms with E-state index in [2.05, 4.69) is 21.2 Å². The summed E-state index contributed by atoms with van der Waals surface area (Å²) in [6.07, 6.45) is -3.12. The van der Waals surface area contributed by atoms with Gasteiger partial charge >= 0.3 is 0 Å². The highest BCUT2D eigenvalue weighted by atomic mass is 79.9. The normalized spacial score (nSPS) is 15.2. The molecule has 1 unspecified atom stereocenters. The molecule has 0 spiro atoms. The SMILES string of the molecule is O=C(NCC(O)C(F)F)C1=Cc2cc(Br)ccc2OC1. The first-order valence-corrected chi connectivity index (χ1v) is 6.64. The van der Waals surface area contributed by atoms with E-state index in [-0.39, 0.29) is 6.61 Å². The number of carbonyl (C=O) groups excluding carboxylic acids is 1. The van der Waals surface area contributed by atoms with Crippen molar-refractivity contribution in [2.75, 3.05) is 13.2 Å². The zero-order chi connectivity index (χ0) is 14.7. The van der Waals surface area contributed by atoms with E-state index in [9.17, 15) is 13.6 Å². The van der Waals surface area contributed by atoms with Crippen LogP contribution in [0.15, 0.2) is 28.2 Å². The molecule has 2 N–H and O–H groups in total. The Morgan fingerprint density at radius 2 is 2.25 bits per heavy atom. The van der Waals surface area contributed by atoms with Crippen molar-refractivity contribution in [1.82, 2.24) is 5.32 Å². The van der Waals surface area contributed by atoms with Gasteiger partial charge in [-0.1, -0.05) is 15.9 Å². The third-order valence-electron chi connectivity index (χ3n) is 2.74. The molecule has 0 fully saturated rings. The number of fused-ring (bicyclic) bond motifs is 1. The fraction of sp³-hybridized carbons (Fsp3) is 0.308. The molecule has 2 rings (SSSR count). The monoisotopic (exact) mass is 347 g/mol. The average Bonchev–Trinajstić information content (AvgIpc) is 2.43. The van der Waals surface area contributed by atoms with Gasteiger partial charge < -0.3 is 15.2 Å². The van der Waals surface area contributed by atoms with E-state index < -0.39 is 25.0 Å². The largest absolute Gasteiger partial charge is 0.488 e. The Bertz CT molecular complexity index is 548. The summed E-state index contributed by atoms with van der Waals surface area (Å²) in [6, 6.07) is 5.37. The van der Waals surface area contributed by atoms with Gasteiger partial charge in [-0.15, -0.1) is 0 Å². The molecule has 20 heavy (non-hydrogen) atoms. The molecule has 7 heteroatoms. The summed E-state index contributed by atoms with van der Waals surface area (Å²) in [6.45, 7) is -0.440. The second-order valence-electron chi connectivity index (χ2n) is 4.25. The van der Waals surface area contributed by atoms with Gasteiger partial charge in [-0.3, -0.25) is 4.79 Å². The second kappa shape index (κ2) is 6.32. The van der Waals surface area contributed by atoms with Gasteiger partial charge in [-0.25, -0.2) is 8.78 Å². The number of hydrogen-bond donors (Lipinski definition) is 2. The summed E-state index contributed by atoms with van der Waals surface area (Å²) < 4.78 is 30.5. The number of carbonyl (C=O) groups is 1. The van der Waals surface area contributed by atoms with E-state index in [0.29, 0.717) is 11.3 Å². The van der Waals surface area contributed by atoms with Crippen molar-refractivity contribution >= 4 is 27.9 Å². The van der Waals surface area contributed by atoms with Crippen molar-refractivity contribution in [2.45, 2.75) is 12.5 Å². The highest BCUT2D eigenvalue weighted by Gasteiger charge is 2.21. The van der Waals surface area contributed by atoms with E-state index in [1.807, 2.05) is 6.07 Å². The van der Waals surface area contributed by atoms with Crippen LogP contribution in [-0.2, 0) is 4.79 Å². The van der Waals surface area contributed by atoms with Gasteiger partial charge in [0, 0.05) is 16.6 Å². The van der Waals surface area contributed by atoms with E-state index >= 15 is 0 Å². The number of halogens is 3. The molecule has 1 heterocycles. The lowest BCUT2D eigenvalue weighted by molar-refractivity contribution is -0.118. The minimum absolute atomic E-state index is 0.0608. The molecule has 0 saturated carbocycles. The minimum Gasteiger partial charge on any atom is -0.488 e. The Kier molecular flexibility index (Phi) is 4.72. The summed E-state index contributed by atoms with van der Waals surface area (Å²) in [5.74, 6) is 0.118. The van der Waals surface area contributed by atoms with Crippen LogP contribution in [0.2, 0.25) is 0 Å². The van der Waals surface area contributed by atoms with Crippen molar-refractivity contribution in [3.8, 4) is 5.75 Å². The highest BCUT2D eigenvalue weighted by Crippen LogP contribution is 2.29. The quantitative estimate of drug-likeness (QED) is 0.875. The van der Waals surface area contributed by atoms with Crippen molar-refractivity contribution in [3.05, 3.63) is 33.8 Å². The van der Waals surface area contributed by atoms with Crippen LogP contribution in [0, 0.1) is 0 Å². The summed E-state index contributed by atoms with van der Waals surface area (Å²) in [7, 11) is 0. The topological polar surface area (TPSA) is 58.6 Å². The summed E-state index contributed by atoms with van der Waals surface area (Å²) in [4.78, 5) is 11.8. The number of rotatable bonds is 4. The molecule has 0 radical (unpaired) electrons. The van der Waals surface area contributed by atoms with Crippen LogP contribution in [0.3, 0.4) is 0 Å². The van der Waals surface area contributed by atoms with Crippen LogP contribution in [-0.4, -0.2) is 36.7 Å². The Morgan fingerprint density at radius 3 is 2.95 bits per heavy atom. The lowest BCUT2D eigenvalue weighted by Gasteiger charge is -2.18. The highest BCUT2D eigenvalue weighted by molar-refractivity contribution is 9.10. The average molecular weight is 348 g/mol. The van der Waals surface area contributed by atoms with Crippen LogP contribution in [0.1, 0.15) is 5.56 Å². The van der Waals surface area contributed by atoms with E-state index in [0.717, 1.165) is 10.0 Å². The van der Waals surface area contributed by atoms with Crippen LogP contribution in [0.5, 0.6) is 5.75 Å². The maximum absolute atomic E-state index is 12.1. The molecule has 1 atom stereocenters. The van der Waals surface area contributed by atoms with Crippen LogP contribution in [0.25, 0.3) is 6.08 Å². The van der Waals surface area contributed by atoms with Gasteiger partial charge in [0.1, 0.15) is 18.5 Å². The van der Waals surface area contributed by atoms with E-state index in [4.69, 9.17) is 9.84 Å². The van der Waals surface area contributed by atoms with Crippen molar-refractivity contribution in [1.29, 1.82) is 0 Å². The van der Waals surface area contributed by atoms with Crippen LogP contribution >= 0.6 is 15.9 Å². The van der Waals surface area contributed by atoms with E-state index in [1.165, 1.54) is 0 Å². The van der Waals surface area contributed by atoms with Gasteiger partial charge in [0.05, 0.1) is 5.57 Å². The Labute approximate surface area is 122 Å². The molecule has 1 aliphatic heterocycles. The Morgan fingerprint density at radius 1 is 1.50 bits per heavy atom. The molecule has 1 aromatic carbocycles. The van der Waals surface area contributed by atoms with Crippen LogP contribution < -0.4 is 10.1 Å². The first-order valence-electron chi connectivity index (χ1n) is 5.84. The molecule has 108 valence electrons. The van der Waals surface area contributed by atoms with Crippen molar-refractivity contribution in [3.63, 3.8) is 0 Å². The smallest absolute Gasteiger partial charge is 0.265 e. The van der Waals surface area contributed by atoms with Gasteiger partial charge in [0.2, 0.25) is 0 Å². The number of alkyl halides is 2. The fourth-order valence-electron chi connectivity index (χ4n) is 1.68. The lowest BCUT2D eigenvalue weighted by atomic mass is 10.1. The molecule has 4 nitrogen and oxygen atoms in total. The third-order valence-corrected chi connectivity index (χ3v) is 3.23.